The Hall–Kier alpha value is -3.09. The minimum atomic E-state index is -0.376. The fourth-order valence-electron chi connectivity index (χ4n) is 2.70. The van der Waals surface area contributed by atoms with Gasteiger partial charge in [0.1, 0.15) is 11.4 Å². The van der Waals surface area contributed by atoms with Gasteiger partial charge in [-0.1, -0.05) is 12.1 Å². The number of nitrogens with zero attached hydrogens (tertiary/aromatic N) is 3. The van der Waals surface area contributed by atoms with Crippen molar-refractivity contribution < 1.29 is 14.1 Å². The van der Waals surface area contributed by atoms with Gasteiger partial charge in [-0.2, -0.15) is 0 Å². The number of hydrogen-bond acceptors (Lipinski definition) is 5. The number of piperazine rings is 1. The summed E-state index contributed by atoms with van der Waals surface area (Å²) in [6, 6.07) is 10.2. The van der Waals surface area contributed by atoms with Gasteiger partial charge in [-0.3, -0.25) is 14.9 Å². The average molecular weight is 327 g/mol. The minimum absolute atomic E-state index is 0.0892. The molecule has 0 N–H and O–H groups in total. The van der Waals surface area contributed by atoms with Gasteiger partial charge in [0.15, 0.2) is 0 Å². The smallest absolute Gasteiger partial charge is 0.292 e. The molecule has 0 unspecified atom stereocenters. The van der Waals surface area contributed by atoms with Crippen LogP contribution in [0.1, 0.15) is 5.76 Å². The molecule has 7 heteroatoms. The predicted molar refractivity (Wildman–Crippen MR) is 89.6 cm³/mol. The van der Waals surface area contributed by atoms with Crippen LogP contribution in [-0.4, -0.2) is 41.9 Å². The highest BCUT2D eigenvalue weighted by Gasteiger charge is 2.24. The first-order valence-electron chi connectivity index (χ1n) is 7.64. The standard InChI is InChI=1S/C17H17N3O4/c21-17(8-7-14-4-3-13-24-14)19-11-9-18(10-12-19)15-5-1-2-6-16(15)20(22)23/h1-8,13H,9-12H2. The molecule has 2 aromatic rings. The lowest BCUT2D eigenvalue weighted by atomic mass is 10.2. The van der Waals surface area contributed by atoms with Gasteiger partial charge in [0.05, 0.1) is 11.2 Å². The molecule has 0 radical (unpaired) electrons. The summed E-state index contributed by atoms with van der Waals surface area (Å²) in [5.74, 6) is 0.538. The molecule has 0 saturated carbocycles. The second-order valence-electron chi connectivity index (χ2n) is 5.41. The Morgan fingerprint density at radius 3 is 2.54 bits per heavy atom. The third kappa shape index (κ3) is 3.45. The van der Waals surface area contributed by atoms with Crippen LogP contribution in [0, 0.1) is 10.1 Å². The lowest BCUT2D eigenvalue weighted by Gasteiger charge is -2.35. The molecule has 3 rings (SSSR count). The maximum Gasteiger partial charge on any atom is 0.292 e. The van der Waals surface area contributed by atoms with Gasteiger partial charge in [0.25, 0.3) is 5.69 Å². The largest absolute Gasteiger partial charge is 0.465 e. The zero-order valence-corrected chi connectivity index (χ0v) is 13.0. The van der Waals surface area contributed by atoms with E-state index in [1.807, 2.05) is 4.90 Å². The summed E-state index contributed by atoms with van der Waals surface area (Å²) < 4.78 is 5.15. The normalized spacial score (nSPS) is 15.0. The number of hydrogen-bond donors (Lipinski definition) is 0. The van der Waals surface area contributed by atoms with Crippen molar-refractivity contribution >= 4 is 23.4 Å². The summed E-state index contributed by atoms with van der Waals surface area (Å²) in [5.41, 5.74) is 0.690. The number of benzene rings is 1. The van der Waals surface area contributed by atoms with E-state index in [0.29, 0.717) is 37.6 Å². The number of para-hydroxylation sites is 2. The van der Waals surface area contributed by atoms with E-state index in [0.717, 1.165) is 0 Å². The summed E-state index contributed by atoms with van der Waals surface area (Å²) in [5, 5.41) is 11.1. The lowest BCUT2D eigenvalue weighted by molar-refractivity contribution is -0.384. The number of nitro benzene ring substituents is 1. The van der Waals surface area contributed by atoms with Crippen molar-refractivity contribution in [1.29, 1.82) is 0 Å². The second kappa shape index (κ2) is 6.99. The number of furan rings is 1. The SMILES string of the molecule is O=C(C=Cc1ccco1)N1CCN(c2ccccc2[N+](=O)[O-])CC1. The summed E-state index contributed by atoms with van der Waals surface area (Å²) in [6.07, 6.45) is 4.67. The summed E-state index contributed by atoms with van der Waals surface area (Å²) in [7, 11) is 0. The monoisotopic (exact) mass is 327 g/mol. The number of anilines is 1. The molecule has 2 heterocycles. The highest BCUT2D eigenvalue weighted by Crippen LogP contribution is 2.28. The molecular weight excluding hydrogens is 310 g/mol. The lowest BCUT2D eigenvalue weighted by Crippen LogP contribution is -2.48. The molecule has 1 amide bonds. The fraction of sp³-hybridized carbons (Fsp3) is 0.235. The van der Waals surface area contributed by atoms with Crippen LogP contribution < -0.4 is 4.90 Å². The zero-order valence-electron chi connectivity index (χ0n) is 13.0. The van der Waals surface area contributed by atoms with E-state index in [9.17, 15) is 14.9 Å². The molecule has 1 saturated heterocycles. The Balaban J connectivity index is 1.62. The van der Waals surface area contributed by atoms with Crippen molar-refractivity contribution in [3.05, 3.63) is 64.6 Å². The van der Waals surface area contributed by atoms with E-state index in [2.05, 4.69) is 0 Å². The van der Waals surface area contributed by atoms with Crippen LogP contribution in [0.2, 0.25) is 0 Å². The molecule has 1 fully saturated rings. The van der Waals surface area contributed by atoms with Crippen LogP contribution in [0.25, 0.3) is 6.08 Å². The highest BCUT2D eigenvalue weighted by molar-refractivity contribution is 5.91. The molecule has 0 spiro atoms. The van der Waals surface area contributed by atoms with Crippen LogP contribution in [0.4, 0.5) is 11.4 Å². The molecule has 0 aliphatic carbocycles. The molecule has 24 heavy (non-hydrogen) atoms. The second-order valence-corrected chi connectivity index (χ2v) is 5.41. The van der Waals surface area contributed by atoms with Crippen LogP contribution in [-0.2, 0) is 4.79 Å². The third-order valence-electron chi connectivity index (χ3n) is 3.94. The van der Waals surface area contributed by atoms with Gasteiger partial charge in [0, 0.05) is 38.3 Å². The van der Waals surface area contributed by atoms with E-state index >= 15 is 0 Å². The first-order valence-corrected chi connectivity index (χ1v) is 7.64. The minimum Gasteiger partial charge on any atom is -0.465 e. The molecular formula is C17H17N3O4. The van der Waals surface area contributed by atoms with Gasteiger partial charge in [-0.05, 0) is 24.3 Å². The summed E-state index contributed by atoms with van der Waals surface area (Å²) >= 11 is 0. The Morgan fingerprint density at radius 1 is 1.12 bits per heavy atom. The number of amides is 1. The molecule has 1 aromatic carbocycles. The van der Waals surface area contributed by atoms with Crippen LogP contribution in [0.3, 0.4) is 0 Å². The number of nitro groups is 1. The maximum atomic E-state index is 12.2. The number of carbonyl (C=O) groups is 1. The first kappa shape index (κ1) is 15.8. The quantitative estimate of drug-likeness (QED) is 0.490. The Labute approximate surface area is 138 Å². The van der Waals surface area contributed by atoms with Crippen LogP contribution in [0.5, 0.6) is 0 Å². The summed E-state index contributed by atoms with van der Waals surface area (Å²) in [4.78, 5) is 26.6. The molecule has 0 atom stereocenters. The highest BCUT2D eigenvalue weighted by atomic mass is 16.6. The predicted octanol–water partition coefficient (Wildman–Crippen LogP) is 2.55. The van der Waals surface area contributed by atoms with Crippen molar-refractivity contribution in [3.63, 3.8) is 0 Å². The average Bonchev–Trinajstić information content (AvgIpc) is 3.13. The van der Waals surface area contributed by atoms with Crippen molar-refractivity contribution in [2.45, 2.75) is 0 Å². The van der Waals surface area contributed by atoms with Crippen LogP contribution >= 0.6 is 0 Å². The Kier molecular flexibility index (Phi) is 4.60. The molecule has 0 bridgehead atoms. The van der Waals surface area contributed by atoms with Gasteiger partial charge in [0.2, 0.25) is 5.91 Å². The van der Waals surface area contributed by atoms with Gasteiger partial charge < -0.3 is 14.2 Å². The number of rotatable bonds is 4. The first-order chi connectivity index (χ1) is 11.6. The van der Waals surface area contributed by atoms with E-state index in [4.69, 9.17) is 4.42 Å². The van der Waals surface area contributed by atoms with Crippen LogP contribution in [0.15, 0.2) is 53.2 Å². The van der Waals surface area contributed by atoms with E-state index in [1.165, 1.54) is 12.1 Å². The molecule has 124 valence electrons. The topological polar surface area (TPSA) is 79.8 Å². The molecule has 1 aliphatic heterocycles. The van der Waals surface area contributed by atoms with Gasteiger partial charge >= 0.3 is 0 Å². The molecule has 1 aromatic heterocycles. The molecule has 1 aliphatic rings. The third-order valence-corrected chi connectivity index (χ3v) is 3.94. The van der Waals surface area contributed by atoms with Gasteiger partial charge in [-0.15, -0.1) is 0 Å². The van der Waals surface area contributed by atoms with Crippen molar-refractivity contribution in [1.82, 2.24) is 4.90 Å². The van der Waals surface area contributed by atoms with E-state index in [-0.39, 0.29) is 16.5 Å². The Morgan fingerprint density at radius 2 is 1.88 bits per heavy atom. The Bertz CT molecular complexity index is 747. The zero-order chi connectivity index (χ0) is 16.9. The molecule has 7 nitrogen and oxygen atoms in total. The fourth-order valence-corrected chi connectivity index (χ4v) is 2.70. The van der Waals surface area contributed by atoms with E-state index < -0.39 is 0 Å². The van der Waals surface area contributed by atoms with Crippen molar-refractivity contribution in [2.24, 2.45) is 0 Å². The van der Waals surface area contributed by atoms with Crippen molar-refractivity contribution in [2.75, 3.05) is 31.1 Å². The van der Waals surface area contributed by atoms with Crippen molar-refractivity contribution in [3.8, 4) is 0 Å². The van der Waals surface area contributed by atoms with Gasteiger partial charge in [-0.25, -0.2) is 0 Å². The number of carbonyl (C=O) groups excluding carboxylic acids is 1. The summed E-state index contributed by atoms with van der Waals surface area (Å²) in [6.45, 7) is 2.16. The maximum absolute atomic E-state index is 12.2. The van der Waals surface area contributed by atoms with E-state index in [1.54, 1.807) is 47.6 Å².